The fourth-order valence-electron chi connectivity index (χ4n) is 4.44. The number of unbranched alkanes of at least 4 members (excludes halogenated alkanes) is 4. The van der Waals surface area contributed by atoms with Crippen molar-refractivity contribution in [3.63, 3.8) is 0 Å². The maximum absolute atomic E-state index is 12.5. The fourth-order valence-corrected chi connectivity index (χ4v) is 4.44. The van der Waals surface area contributed by atoms with Crippen molar-refractivity contribution in [2.24, 2.45) is 17.8 Å². The molecule has 136 valence electrons. The van der Waals surface area contributed by atoms with Gasteiger partial charge in [-0.1, -0.05) is 45.4 Å². The topological polar surface area (TPSA) is 52.9 Å². The lowest BCUT2D eigenvalue weighted by atomic mass is 9.79. The van der Waals surface area contributed by atoms with E-state index in [0.29, 0.717) is 6.04 Å². The molecule has 0 saturated heterocycles. The van der Waals surface area contributed by atoms with Crippen LogP contribution in [0.15, 0.2) is 0 Å². The molecule has 0 aromatic heterocycles. The molecule has 2 rings (SSSR count). The zero-order chi connectivity index (χ0) is 17.2. The lowest BCUT2D eigenvalue weighted by molar-refractivity contribution is -0.127. The first-order valence-electron chi connectivity index (χ1n) is 10.4. The molecule has 0 unspecified atom stereocenters. The van der Waals surface area contributed by atoms with Gasteiger partial charge in [0.1, 0.15) is 0 Å². The molecule has 0 bridgehead atoms. The van der Waals surface area contributed by atoms with Crippen LogP contribution in [0.5, 0.6) is 0 Å². The monoisotopic (exact) mass is 332 g/mol. The summed E-state index contributed by atoms with van der Waals surface area (Å²) >= 11 is 0. The van der Waals surface area contributed by atoms with E-state index in [4.69, 9.17) is 5.26 Å². The molecule has 24 heavy (non-hydrogen) atoms. The van der Waals surface area contributed by atoms with Crippen LogP contribution in [0.1, 0.15) is 96.8 Å². The summed E-state index contributed by atoms with van der Waals surface area (Å²) in [5, 5.41) is 12.2. The Morgan fingerprint density at radius 1 is 0.958 bits per heavy atom. The maximum Gasteiger partial charge on any atom is 0.223 e. The first-order chi connectivity index (χ1) is 11.7. The van der Waals surface area contributed by atoms with E-state index in [1.165, 1.54) is 51.4 Å². The molecule has 2 saturated carbocycles. The summed E-state index contributed by atoms with van der Waals surface area (Å²) < 4.78 is 0. The highest BCUT2D eigenvalue weighted by Gasteiger charge is 2.28. The van der Waals surface area contributed by atoms with Gasteiger partial charge in [-0.3, -0.25) is 4.79 Å². The Balaban J connectivity index is 1.58. The van der Waals surface area contributed by atoms with Gasteiger partial charge in [-0.2, -0.15) is 5.26 Å². The molecule has 2 aliphatic carbocycles. The highest BCUT2D eigenvalue weighted by Crippen LogP contribution is 2.33. The highest BCUT2D eigenvalue weighted by atomic mass is 16.1. The van der Waals surface area contributed by atoms with Crippen molar-refractivity contribution in [3.8, 4) is 6.07 Å². The summed E-state index contributed by atoms with van der Waals surface area (Å²) in [7, 11) is 0. The summed E-state index contributed by atoms with van der Waals surface area (Å²) in [5.41, 5.74) is 0. The first kappa shape index (κ1) is 19.3. The van der Waals surface area contributed by atoms with E-state index in [1.807, 2.05) is 0 Å². The molecule has 2 aliphatic rings. The largest absolute Gasteiger partial charge is 0.353 e. The Hall–Kier alpha value is -1.04. The molecule has 0 radical (unpaired) electrons. The molecule has 3 heteroatoms. The second-order valence-electron chi connectivity index (χ2n) is 8.11. The SMILES string of the molecule is CCCCCCCC1CCC(C(=O)NC2CCC(C#N)CC2)CC1. The van der Waals surface area contributed by atoms with Gasteiger partial charge in [-0.05, 0) is 57.3 Å². The molecule has 0 heterocycles. The predicted octanol–water partition coefficient (Wildman–Crippen LogP) is 5.35. The molecule has 3 nitrogen and oxygen atoms in total. The van der Waals surface area contributed by atoms with Gasteiger partial charge < -0.3 is 5.32 Å². The molecule has 0 aliphatic heterocycles. The van der Waals surface area contributed by atoms with Crippen LogP contribution >= 0.6 is 0 Å². The molecule has 0 spiro atoms. The average Bonchev–Trinajstić information content (AvgIpc) is 2.62. The van der Waals surface area contributed by atoms with Gasteiger partial charge in [0, 0.05) is 17.9 Å². The Kier molecular flexibility index (Phi) is 8.64. The van der Waals surface area contributed by atoms with E-state index in [2.05, 4.69) is 18.3 Å². The third-order valence-corrected chi connectivity index (χ3v) is 6.19. The molecular formula is C21H36N2O. The molecule has 0 aromatic rings. The fraction of sp³-hybridized carbons (Fsp3) is 0.905. The highest BCUT2D eigenvalue weighted by molar-refractivity contribution is 5.79. The minimum absolute atomic E-state index is 0.214. The van der Waals surface area contributed by atoms with E-state index < -0.39 is 0 Å². The van der Waals surface area contributed by atoms with Crippen molar-refractivity contribution in [3.05, 3.63) is 0 Å². The second-order valence-corrected chi connectivity index (χ2v) is 8.11. The number of carbonyl (C=O) groups excluding carboxylic acids is 1. The van der Waals surface area contributed by atoms with Crippen molar-refractivity contribution in [2.45, 2.75) is 103 Å². The number of amides is 1. The zero-order valence-corrected chi connectivity index (χ0v) is 15.6. The van der Waals surface area contributed by atoms with Crippen molar-refractivity contribution in [1.29, 1.82) is 5.26 Å². The summed E-state index contributed by atoms with van der Waals surface area (Å²) in [6, 6.07) is 2.68. The number of nitrogens with zero attached hydrogens (tertiary/aromatic N) is 1. The van der Waals surface area contributed by atoms with Crippen LogP contribution in [0.25, 0.3) is 0 Å². The molecular weight excluding hydrogens is 296 g/mol. The normalized spacial score (nSPS) is 30.5. The van der Waals surface area contributed by atoms with Gasteiger partial charge in [-0.25, -0.2) is 0 Å². The molecule has 1 amide bonds. The van der Waals surface area contributed by atoms with Gasteiger partial charge in [0.2, 0.25) is 5.91 Å². The Bertz CT molecular complexity index is 399. The third-order valence-electron chi connectivity index (χ3n) is 6.19. The number of hydrogen-bond donors (Lipinski definition) is 1. The van der Waals surface area contributed by atoms with Gasteiger partial charge in [-0.15, -0.1) is 0 Å². The summed E-state index contributed by atoms with van der Waals surface area (Å²) in [5.74, 6) is 1.61. The number of carbonyl (C=O) groups is 1. The molecule has 0 atom stereocenters. The van der Waals surface area contributed by atoms with Crippen molar-refractivity contribution >= 4 is 5.91 Å². The van der Waals surface area contributed by atoms with E-state index in [0.717, 1.165) is 44.4 Å². The van der Waals surface area contributed by atoms with Crippen LogP contribution in [0.2, 0.25) is 0 Å². The van der Waals surface area contributed by atoms with Gasteiger partial charge in [0.25, 0.3) is 0 Å². The Morgan fingerprint density at radius 3 is 2.25 bits per heavy atom. The van der Waals surface area contributed by atoms with Crippen LogP contribution < -0.4 is 5.32 Å². The van der Waals surface area contributed by atoms with Gasteiger partial charge >= 0.3 is 0 Å². The Morgan fingerprint density at radius 2 is 1.62 bits per heavy atom. The van der Waals surface area contributed by atoms with Crippen molar-refractivity contribution in [2.75, 3.05) is 0 Å². The first-order valence-corrected chi connectivity index (χ1v) is 10.4. The number of hydrogen-bond acceptors (Lipinski definition) is 2. The quantitative estimate of drug-likeness (QED) is 0.609. The number of rotatable bonds is 8. The number of nitriles is 1. The average molecular weight is 333 g/mol. The van der Waals surface area contributed by atoms with Crippen molar-refractivity contribution in [1.82, 2.24) is 5.32 Å². The van der Waals surface area contributed by atoms with E-state index in [9.17, 15) is 4.79 Å². The molecule has 0 aromatic carbocycles. The van der Waals surface area contributed by atoms with Gasteiger partial charge in [0.05, 0.1) is 6.07 Å². The molecule has 2 fully saturated rings. The smallest absolute Gasteiger partial charge is 0.223 e. The zero-order valence-electron chi connectivity index (χ0n) is 15.6. The maximum atomic E-state index is 12.5. The summed E-state index contributed by atoms with van der Waals surface area (Å²) in [6.45, 7) is 2.27. The lowest BCUT2D eigenvalue weighted by Gasteiger charge is -2.31. The summed E-state index contributed by atoms with van der Waals surface area (Å²) in [6.07, 6.45) is 16.7. The lowest BCUT2D eigenvalue weighted by Crippen LogP contribution is -2.41. The van der Waals surface area contributed by atoms with Crippen LogP contribution in [-0.2, 0) is 4.79 Å². The van der Waals surface area contributed by atoms with Crippen LogP contribution in [0.3, 0.4) is 0 Å². The standard InChI is InChI=1S/C21H36N2O/c1-2-3-4-5-6-7-17-8-12-19(13-9-17)21(24)23-20-14-10-18(16-22)11-15-20/h17-20H,2-15H2,1H3,(H,23,24). The van der Waals surface area contributed by atoms with E-state index in [1.54, 1.807) is 0 Å². The number of nitrogens with one attached hydrogen (secondary N) is 1. The second kappa shape index (κ2) is 10.7. The van der Waals surface area contributed by atoms with Crippen LogP contribution in [0, 0.1) is 29.1 Å². The van der Waals surface area contributed by atoms with Gasteiger partial charge in [0.15, 0.2) is 0 Å². The Labute approximate surface area is 148 Å². The van der Waals surface area contributed by atoms with E-state index >= 15 is 0 Å². The predicted molar refractivity (Wildman–Crippen MR) is 98.3 cm³/mol. The minimum Gasteiger partial charge on any atom is -0.353 e. The summed E-state index contributed by atoms with van der Waals surface area (Å²) in [4.78, 5) is 12.5. The molecule has 1 N–H and O–H groups in total. The van der Waals surface area contributed by atoms with Crippen LogP contribution in [0.4, 0.5) is 0 Å². The van der Waals surface area contributed by atoms with Crippen molar-refractivity contribution < 1.29 is 4.79 Å². The minimum atomic E-state index is 0.214. The third kappa shape index (κ3) is 6.46. The van der Waals surface area contributed by atoms with Crippen LogP contribution in [-0.4, -0.2) is 11.9 Å². The van der Waals surface area contributed by atoms with E-state index in [-0.39, 0.29) is 17.7 Å².